The maximum atomic E-state index is 4.66. The van der Waals surface area contributed by atoms with Crippen LogP contribution in [-0.4, -0.2) is 20.9 Å². The van der Waals surface area contributed by atoms with Gasteiger partial charge in [-0.2, -0.15) is 5.10 Å². The van der Waals surface area contributed by atoms with Crippen molar-refractivity contribution in [2.75, 3.05) is 6.54 Å². The van der Waals surface area contributed by atoms with Gasteiger partial charge in [0.15, 0.2) is 0 Å². The van der Waals surface area contributed by atoms with E-state index in [9.17, 15) is 0 Å². The van der Waals surface area contributed by atoms with Gasteiger partial charge in [0.25, 0.3) is 0 Å². The number of hydrogen-bond acceptors (Lipinski definition) is 2. The van der Waals surface area contributed by atoms with Crippen molar-refractivity contribution in [3.8, 4) is 0 Å². The molecule has 2 aromatic heterocycles. The molecular formula is C13H18N4. The second-order valence-corrected chi connectivity index (χ2v) is 4.73. The molecule has 17 heavy (non-hydrogen) atoms. The van der Waals surface area contributed by atoms with Crippen molar-refractivity contribution in [3.63, 3.8) is 0 Å². The summed E-state index contributed by atoms with van der Waals surface area (Å²) in [5.41, 5.74) is 5.05. The molecule has 0 amide bonds. The first-order valence-electron chi connectivity index (χ1n) is 6.13. The maximum absolute atomic E-state index is 4.66. The molecule has 0 fully saturated rings. The molecule has 2 aromatic rings. The molecule has 0 aromatic carbocycles. The highest BCUT2D eigenvalue weighted by Gasteiger charge is 2.12. The van der Waals surface area contributed by atoms with Crippen molar-refractivity contribution in [1.82, 2.24) is 19.7 Å². The minimum Gasteiger partial charge on any atom is -0.343 e. The van der Waals surface area contributed by atoms with E-state index in [1.54, 1.807) is 0 Å². The predicted octanol–water partition coefficient (Wildman–Crippen LogP) is 1.45. The largest absolute Gasteiger partial charge is 0.343 e. The van der Waals surface area contributed by atoms with E-state index >= 15 is 0 Å². The fourth-order valence-electron chi connectivity index (χ4n) is 2.44. The highest BCUT2D eigenvalue weighted by molar-refractivity contribution is 5.18. The molecule has 90 valence electrons. The van der Waals surface area contributed by atoms with Crippen molar-refractivity contribution >= 4 is 0 Å². The van der Waals surface area contributed by atoms with Gasteiger partial charge >= 0.3 is 0 Å². The van der Waals surface area contributed by atoms with E-state index in [4.69, 9.17) is 0 Å². The van der Waals surface area contributed by atoms with Crippen LogP contribution in [0.1, 0.15) is 22.8 Å². The van der Waals surface area contributed by atoms with E-state index in [2.05, 4.69) is 51.7 Å². The van der Waals surface area contributed by atoms with Crippen LogP contribution in [0.5, 0.6) is 0 Å². The normalized spacial score (nSPS) is 14.9. The zero-order chi connectivity index (χ0) is 11.8. The third-order valence-corrected chi connectivity index (χ3v) is 3.46. The lowest BCUT2D eigenvalue weighted by Gasteiger charge is -2.13. The zero-order valence-electron chi connectivity index (χ0n) is 10.4. The Kier molecular flexibility index (Phi) is 2.52. The minimum atomic E-state index is 0.880. The van der Waals surface area contributed by atoms with Crippen LogP contribution < -0.4 is 5.32 Å². The fourth-order valence-corrected chi connectivity index (χ4v) is 2.44. The van der Waals surface area contributed by atoms with E-state index in [-0.39, 0.29) is 0 Å². The second kappa shape index (κ2) is 4.04. The summed E-state index contributed by atoms with van der Waals surface area (Å²) in [6, 6.07) is 6.53. The molecular weight excluding hydrogens is 212 g/mol. The van der Waals surface area contributed by atoms with E-state index in [1.807, 2.05) is 0 Å². The Morgan fingerprint density at radius 3 is 2.76 bits per heavy atom. The fraction of sp³-hybridized carbons (Fsp3) is 0.462. The first kappa shape index (κ1) is 10.6. The first-order chi connectivity index (χ1) is 8.24. The number of rotatable bonds is 2. The Bertz CT molecular complexity index is 493. The Labute approximate surface area is 101 Å². The first-order valence-corrected chi connectivity index (χ1v) is 6.13. The topological polar surface area (TPSA) is 34.8 Å². The van der Waals surface area contributed by atoms with Gasteiger partial charge in [0.05, 0.1) is 24.5 Å². The Balaban J connectivity index is 1.88. The van der Waals surface area contributed by atoms with Gasteiger partial charge in [0, 0.05) is 24.5 Å². The molecule has 0 aliphatic carbocycles. The van der Waals surface area contributed by atoms with Crippen molar-refractivity contribution < 1.29 is 0 Å². The summed E-state index contributed by atoms with van der Waals surface area (Å²) in [5, 5.41) is 8.03. The summed E-state index contributed by atoms with van der Waals surface area (Å²) in [6.45, 7) is 8.12. The molecule has 0 unspecified atom stereocenters. The number of nitrogens with zero attached hydrogens (tertiary/aromatic N) is 3. The molecule has 1 aliphatic heterocycles. The van der Waals surface area contributed by atoms with Crippen LogP contribution in [0.4, 0.5) is 0 Å². The number of nitrogens with one attached hydrogen (secondary N) is 1. The molecule has 0 radical (unpaired) electrons. The van der Waals surface area contributed by atoms with Gasteiger partial charge in [0.1, 0.15) is 0 Å². The van der Waals surface area contributed by atoms with E-state index < -0.39 is 0 Å². The number of fused-ring (bicyclic) bond motifs is 1. The highest BCUT2D eigenvalue weighted by Crippen LogP contribution is 2.13. The van der Waals surface area contributed by atoms with Crippen LogP contribution >= 0.6 is 0 Å². The molecule has 1 aliphatic rings. The van der Waals surface area contributed by atoms with Gasteiger partial charge in [-0.05, 0) is 32.0 Å². The lowest BCUT2D eigenvalue weighted by Crippen LogP contribution is -2.28. The Morgan fingerprint density at radius 2 is 2.06 bits per heavy atom. The number of hydrogen-bond donors (Lipinski definition) is 1. The van der Waals surface area contributed by atoms with E-state index in [0.29, 0.717) is 0 Å². The lowest BCUT2D eigenvalue weighted by atomic mass is 10.3. The molecule has 3 rings (SSSR count). The molecule has 4 nitrogen and oxygen atoms in total. The van der Waals surface area contributed by atoms with Crippen molar-refractivity contribution in [2.45, 2.75) is 33.5 Å². The monoisotopic (exact) mass is 230 g/mol. The van der Waals surface area contributed by atoms with E-state index in [1.165, 1.54) is 17.1 Å². The van der Waals surface area contributed by atoms with Crippen molar-refractivity contribution in [3.05, 3.63) is 41.0 Å². The van der Waals surface area contributed by atoms with Gasteiger partial charge in [0.2, 0.25) is 0 Å². The predicted molar refractivity (Wildman–Crippen MR) is 66.9 cm³/mol. The standard InChI is InChI=1S/C13H18N4/c1-10-3-4-11(2)16(10)9-12-7-13-8-14-5-6-17(13)15-12/h3-4,7,14H,5-6,8-9H2,1-2H3. The summed E-state index contributed by atoms with van der Waals surface area (Å²) in [7, 11) is 0. The van der Waals surface area contributed by atoms with Crippen LogP contribution in [0, 0.1) is 13.8 Å². The molecule has 4 heteroatoms. The average molecular weight is 230 g/mol. The van der Waals surface area contributed by atoms with Crippen molar-refractivity contribution in [1.29, 1.82) is 0 Å². The summed E-state index contributed by atoms with van der Waals surface area (Å²) in [4.78, 5) is 0. The van der Waals surface area contributed by atoms with Crippen LogP contribution in [0.25, 0.3) is 0 Å². The molecule has 3 heterocycles. The summed E-state index contributed by atoms with van der Waals surface area (Å²) >= 11 is 0. The number of aromatic nitrogens is 3. The minimum absolute atomic E-state index is 0.880. The van der Waals surface area contributed by atoms with Gasteiger partial charge in [-0.15, -0.1) is 0 Å². The molecule has 1 N–H and O–H groups in total. The van der Waals surface area contributed by atoms with Crippen LogP contribution in [-0.2, 0) is 19.6 Å². The van der Waals surface area contributed by atoms with Crippen LogP contribution in [0.2, 0.25) is 0 Å². The van der Waals surface area contributed by atoms with Crippen LogP contribution in [0.3, 0.4) is 0 Å². The molecule has 0 spiro atoms. The van der Waals surface area contributed by atoms with E-state index in [0.717, 1.165) is 31.9 Å². The Morgan fingerprint density at radius 1 is 1.29 bits per heavy atom. The molecule has 0 saturated carbocycles. The molecule has 0 bridgehead atoms. The number of aryl methyl sites for hydroxylation is 2. The van der Waals surface area contributed by atoms with Gasteiger partial charge in [-0.25, -0.2) is 0 Å². The van der Waals surface area contributed by atoms with Gasteiger partial charge in [-0.3, -0.25) is 4.68 Å². The highest BCUT2D eigenvalue weighted by atomic mass is 15.3. The average Bonchev–Trinajstić information content (AvgIpc) is 2.87. The summed E-state index contributed by atoms with van der Waals surface area (Å²) < 4.78 is 4.43. The lowest BCUT2D eigenvalue weighted by molar-refractivity contribution is 0.472. The Hall–Kier alpha value is -1.55. The summed E-state index contributed by atoms with van der Waals surface area (Å²) in [6.07, 6.45) is 0. The van der Waals surface area contributed by atoms with Crippen molar-refractivity contribution in [2.24, 2.45) is 0 Å². The second-order valence-electron chi connectivity index (χ2n) is 4.73. The maximum Gasteiger partial charge on any atom is 0.0825 e. The molecule has 0 saturated heterocycles. The zero-order valence-corrected chi connectivity index (χ0v) is 10.4. The summed E-state index contributed by atoms with van der Waals surface area (Å²) in [5.74, 6) is 0. The van der Waals surface area contributed by atoms with Gasteiger partial charge in [-0.1, -0.05) is 0 Å². The SMILES string of the molecule is Cc1ccc(C)n1Cc1cc2n(n1)CCNC2. The van der Waals surface area contributed by atoms with Gasteiger partial charge < -0.3 is 9.88 Å². The molecule has 0 atom stereocenters. The smallest absolute Gasteiger partial charge is 0.0825 e. The quantitative estimate of drug-likeness (QED) is 0.847. The third kappa shape index (κ3) is 1.89. The van der Waals surface area contributed by atoms with Crippen LogP contribution in [0.15, 0.2) is 18.2 Å². The third-order valence-electron chi connectivity index (χ3n) is 3.46.